The highest BCUT2D eigenvalue weighted by atomic mass is 32.2. The Morgan fingerprint density at radius 3 is 2.59 bits per heavy atom. The number of pyridine rings is 3. The van der Waals surface area contributed by atoms with Crippen LogP contribution in [0.2, 0.25) is 0 Å². The smallest absolute Gasteiger partial charge is 0.340 e. The number of nitrogens with two attached hydrogens (primary N) is 1. The van der Waals surface area contributed by atoms with E-state index < -0.39 is 15.4 Å². The molecule has 1 fully saturated rings. The maximum absolute atomic E-state index is 12.5. The van der Waals surface area contributed by atoms with Gasteiger partial charge in [-0.25, -0.2) is 28.2 Å². The number of ether oxygens (including phenoxy) is 2. The molecule has 3 N–H and O–H groups in total. The van der Waals surface area contributed by atoms with Gasteiger partial charge in [0, 0.05) is 42.9 Å². The quantitative estimate of drug-likeness (QED) is 0.380. The van der Waals surface area contributed by atoms with E-state index in [-0.39, 0.29) is 35.0 Å². The summed E-state index contributed by atoms with van der Waals surface area (Å²) in [5.74, 6) is 1.19. The fourth-order valence-electron chi connectivity index (χ4n) is 5.00. The lowest BCUT2D eigenvalue weighted by Gasteiger charge is -2.36. The molecule has 1 aliphatic carbocycles. The number of anilines is 2. The molecule has 0 unspecified atom stereocenters. The van der Waals surface area contributed by atoms with Gasteiger partial charge >= 0.3 is 5.97 Å². The molecule has 0 spiro atoms. The number of hydrogen-bond donors (Lipinski definition) is 2. The van der Waals surface area contributed by atoms with Crippen molar-refractivity contribution in [3.8, 4) is 5.88 Å². The van der Waals surface area contributed by atoms with E-state index in [0.717, 1.165) is 17.4 Å². The van der Waals surface area contributed by atoms with Crippen molar-refractivity contribution in [2.24, 2.45) is 5.73 Å². The van der Waals surface area contributed by atoms with Crippen molar-refractivity contribution in [2.75, 3.05) is 11.1 Å². The molecule has 4 heterocycles. The third-order valence-corrected chi connectivity index (χ3v) is 10.3. The van der Waals surface area contributed by atoms with Gasteiger partial charge in [-0.1, -0.05) is 20.8 Å². The Balaban J connectivity index is 1.44. The number of fused-ring (bicyclic) bond motifs is 2. The summed E-state index contributed by atoms with van der Waals surface area (Å²) < 4.78 is 36.0. The van der Waals surface area contributed by atoms with Crippen LogP contribution in [-0.4, -0.2) is 52.0 Å². The van der Waals surface area contributed by atoms with Crippen molar-refractivity contribution in [3.63, 3.8) is 0 Å². The van der Waals surface area contributed by atoms with Crippen LogP contribution in [0.25, 0.3) is 10.8 Å². The summed E-state index contributed by atoms with van der Waals surface area (Å²) >= 11 is 0. The highest BCUT2D eigenvalue weighted by Crippen LogP contribution is 2.39. The van der Waals surface area contributed by atoms with Gasteiger partial charge in [0.15, 0.2) is 9.84 Å². The molecule has 39 heavy (non-hydrogen) atoms. The predicted molar refractivity (Wildman–Crippen MR) is 149 cm³/mol. The van der Waals surface area contributed by atoms with E-state index in [9.17, 15) is 13.2 Å². The van der Waals surface area contributed by atoms with Crippen molar-refractivity contribution in [2.45, 2.75) is 82.8 Å². The summed E-state index contributed by atoms with van der Waals surface area (Å²) in [5, 5.41) is 4.46. The van der Waals surface area contributed by atoms with Gasteiger partial charge < -0.3 is 20.5 Å². The zero-order chi connectivity index (χ0) is 28.1. The van der Waals surface area contributed by atoms with Crippen LogP contribution in [0.3, 0.4) is 0 Å². The van der Waals surface area contributed by atoms with Crippen molar-refractivity contribution in [1.82, 2.24) is 15.0 Å². The van der Waals surface area contributed by atoms with E-state index in [1.54, 1.807) is 31.5 Å². The molecule has 2 atom stereocenters. The zero-order valence-corrected chi connectivity index (χ0v) is 23.7. The minimum Gasteiger partial charge on any atom is -0.474 e. The number of carbonyl (C=O) groups is 1. The summed E-state index contributed by atoms with van der Waals surface area (Å²) in [6.07, 6.45) is 4.82. The number of rotatable bonds is 8. The van der Waals surface area contributed by atoms with E-state index >= 15 is 0 Å². The van der Waals surface area contributed by atoms with E-state index in [2.05, 4.69) is 15.3 Å². The summed E-state index contributed by atoms with van der Waals surface area (Å²) in [7, 11) is -3.07. The average molecular weight is 554 g/mol. The zero-order valence-electron chi connectivity index (χ0n) is 22.9. The van der Waals surface area contributed by atoms with Crippen LogP contribution < -0.4 is 15.8 Å². The van der Waals surface area contributed by atoms with Gasteiger partial charge in [0.1, 0.15) is 23.3 Å². The minimum atomic E-state index is -3.07. The van der Waals surface area contributed by atoms with E-state index in [1.807, 2.05) is 33.8 Å². The largest absolute Gasteiger partial charge is 0.474 e. The second-order valence-corrected chi connectivity index (χ2v) is 13.5. The molecule has 208 valence electrons. The van der Waals surface area contributed by atoms with E-state index in [1.165, 1.54) is 0 Å². The fourth-order valence-corrected chi connectivity index (χ4v) is 6.49. The molecule has 1 aliphatic heterocycles. The number of hydrogen-bond acceptors (Lipinski definition) is 10. The standard InChI is InChI=1S/C28H35N5O5S/c1-6-22(29)20-13-31-26(37-16-10-17(11-16)39(35,36)7-2)21-14-30-24(12-19(20)21)32-23-9-8-18-25(33-23)15(3)28(4,5)38-27(18)34/h8-9,12-17,22H,6-7,10-11,29H2,1-5H3,(H,30,32,33)/t15-,16?,17?,22+/m1/s1. The number of nitrogens with zero attached hydrogens (tertiary/aromatic N) is 3. The van der Waals surface area contributed by atoms with Gasteiger partial charge in [-0.05, 0) is 49.4 Å². The second-order valence-electron chi connectivity index (χ2n) is 10.9. The first kappa shape index (κ1) is 27.3. The van der Waals surface area contributed by atoms with Crippen LogP contribution in [0.1, 0.15) is 87.5 Å². The third-order valence-electron chi connectivity index (χ3n) is 8.06. The lowest BCUT2D eigenvalue weighted by Crippen LogP contribution is -2.43. The fraction of sp³-hybridized carbons (Fsp3) is 0.500. The van der Waals surface area contributed by atoms with Gasteiger partial charge in [-0.3, -0.25) is 0 Å². The molecule has 3 aromatic rings. The Morgan fingerprint density at radius 2 is 1.90 bits per heavy atom. The Bertz CT molecular complexity index is 1530. The molecule has 0 bridgehead atoms. The SMILES string of the molecule is CC[C@H](N)c1cnc(OC2CC(S(=O)(=O)CC)C2)c2cnc(Nc3ccc4c(n3)[C@@H](C)C(C)(C)OC4=O)cc12. The molecule has 0 aromatic carbocycles. The van der Waals surface area contributed by atoms with Gasteiger partial charge in [0.25, 0.3) is 0 Å². The minimum absolute atomic E-state index is 0.0881. The normalized spacial score (nSPS) is 22.9. The molecule has 0 saturated heterocycles. The lowest BCUT2D eigenvalue weighted by atomic mass is 9.84. The molecule has 0 amide bonds. The summed E-state index contributed by atoms with van der Waals surface area (Å²) in [6.45, 7) is 9.42. The maximum Gasteiger partial charge on any atom is 0.340 e. The second kappa shape index (κ2) is 10.0. The molecule has 5 rings (SSSR count). The van der Waals surface area contributed by atoms with Crippen LogP contribution in [-0.2, 0) is 14.6 Å². The molecule has 0 radical (unpaired) electrons. The highest BCUT2D eigenvalue weighted by Gasteiger charge is 2.41. The average Bonchev–Trinajstić information content (AvgIpc) is 2.88. The summed E-state index contributed by atoms with van der Waals surface area (Å²) in [6, 6.07) is 5.11. The van der Waals surface area contributed by atoms with E-state index in [0.29, 0.717) is 47.0 Å². The number of aromatic nitrogens is 3. The van der Waals surface area contributed by atoms with E-state index in [4.69, 9.17) is 20.2 Å². The van der Waals surface area contributed by atoms with Gasteiger partial charge in [0.2, 0.25) is 5.88 Å². The van der Waals surface area contributed by atoms with Gasteiger partial charge in [-0.2, -0.15) is 0 Å². The first-order valence-electron chi connectivity index (χ1n) is 13.4. The topological polar surface area (TPSA) is 146 Å². The highest BCUT2D eigenvalue weighted by molar-refractivity contribution is 7.92. The van der Waals surface area contributed by atoms with Crippen molar-refractivity contribution < 1.29 is 22.7 Å². The van der Waals surface area contributed by atoms with Gasteiger partial charge in [0.05, 0.1) is 21.9 Å². The molecule has 2 aliphatic rings. The molecule has 3 aromatic heterocycles. The predicted octanol–water partition coefficient (Wildman–Crippen LogP) is 4.58. The van der Waals surface area contributed by atoms with Crippen LogP contribution in [0.5, 0.6) is 5.88 Å². The number of nitrogens with one attached hydrogen (secondary N) is 1. The Hall–Kier alpha value is -3.31. The molecule has 10 nitrogen and oxygen atoms in total. The molecule has 11 heteroatoms. The Morgan fingerprint density at radius 1 is 1.15 bits per heavy atom. The summed E-state index contributed by atoms with van der Waals surface area (Å²) in [4.78, 5) is 26.3. The van der Waals surface area contributed by atoms with Crippen LogP contribution in [0, 0.1) is 0 Å². The molecule has 1 saturated carbocycles. The molecular formula is C28H35N5O5S. The summed E-state index contributed by atoms with van der Waals surface area (Å²) in [5.41, 5.74) is 7.77. The third kappa shape index (κ3) is 5.05. The van der Waals surface area contributed by atoms with Crippen molar-refractivity contribution in [1.29, 1.82) is 0 Å². The van der Waals surface area contributed by atoms with Crippen molar-refractivity contribution >= 4 is 38.2 Å². The van der Waals surface area contributed by atoms with Crippen molar-refractivity contribution in [3.05, 3.63) is 47.4 Å². The number of sulfone groups is 1. The van der Waals surface area contributed by atoms with Crippen LogP contribution in [0.15, 0.2) is 30.6 Å². The Kier molecular flexibility index (Phi) is 7.00. The maximum atomic E-state index is 12.5. The first-order valence-corrected chi connectivity index (χ1v) is 15.1. The van der Waals surface area contributed by atoms with Gasteiger partial charge in [-0.15, -0.1) is 0 Å². The Labute approximate surface area is 228 Å². The van der Waals surface area contributed by atoms with Crippen LogP contribution in [0.4, 0.5) is 11.6 Å². The van der Waals surface area contributed by atoms with Crippen LogP contribution >= 0.6 is 0 Å². The first-order chi connectivity index (χ1) is 18.4. The monoisotopic (exact) mass is 553 g/mol. The number of cyclic esters (lactones) is 1. The molecular weight excluding hydrogens is 518 g/mol. The number of carbonyl (C=O) groups excluding carboxylic acids is 1. The lowest BCUT2D eigenvalue weighted by molar-refractivity contribution is -0.0189. The number of esters is 1.